The summed E-state index contributed by atoms with van der Waals surface area (Å²) in [5.41, 5.74) is -0.194. The van der Waals surface area contributed by atoms with Gasteiger partial charge in [0.15, 0.2) is 0 Å². The summed E-state index contributed by atoms with van der Waals surface area (Å²) in [7, 11) is 0. The zero-order valence-corrected chi connectivity index (χ0v) is 11.2. The lowest BCUT2D eigenvalue weighted by Gasteiger charge is -2.13. The summed E-state index contributed by atoms with van der Waals surface area (Å²) in [4.78, 5) is 1.85. The molecule has 0 bridgehead atoms. The number of rotatable bonds is 3. The summed E-state index contributed by atoms with van der Waals surface area (Å²) in [6.07, 6.45) is -3.90. The van der Waals surface area contributed by atoms with Gasteiger partial charge in [0.25, 0.3) is 0 Å². The van der Waals surface area contributed by atoms with E-state index >= 15 is 0 Å². The SMILES string of the molecule is CCc1cc(Sc2ccccc2)ccc1C(F)(F)F. The van der Waals surface area contributed by atoms with Crippen molar-refractivity contribution in [1.29, 1.82) is 0 Å². The quantitative estimate of drug-likeness (QED) is 0.724. The van der Waals surface area contributed by atoms with Gasteiger partial charge in [-0.1, -0.05) is 36.9 Å². The second-order valence-electron chi connectivity index (χ2n) is 4.09. The van der Waals surface area contributed by atoms with Gasteiger partial charge in [0, 0.05) is 9.79 Å². The molecule has 2 aromatic carbocycles. The molecule has 4 heteroatoms. The predicted molar refractivity (Wildman–Crippen MR) is 71.4 cm³/mol. The molecule has 0 aromatic heterocycles. The van der Waals surface area contributed by atoms with Gasteiger partial charge in [0.05, 0.1) is 5.56 Å². The number of benzene rings is 2. The van der Waals surface area contributed by atoms with Crippen LogP contribution in [0.25, 0.3) is 0 Å². The van der Waals surface area contributed by atoms with Crippen molar-refractivity contribution in [1.82, 2.24) is 0 Å². The Kier molecular flexibility index (Phi) is 4.20. The van der Waals surface area contributed by atoms with Gasteiger partial charge in [0.2, 0.25) is 0 Å². The van der Waals surface area contributed by atoms with E-state index in [2.05, 4.69) is 0 Å². The average Bonchev–Trinajstić information content (AvgIpc) is 2.38. The standard InChI is InChI=1S/C15H13F3S/c1-2-11-10-13(8-9-14(11)15(16,17)18)19-12-6-4-3-5-7-12/h3-10H,2H2,1H3. The lowest BCUT2D eigenvalue weighted by Crippen LogP contribution is -2.08. The minimum atomic E-state index is -4.28. The maximum absolute atomic E-state index is 12.8. The fourth-order valence-electron chi connectivity index (χ4n) is 1.83. The maximum atomic E-state index is 12.8. The Balaban J connectivity index is 2.30. The molecule has 0 unspecified atom stereocenters. The zero-order chi connectivity index (χ0) is 13.9. The lowest BCUT2D eigenvalue weighted by molar-refractivity contribution is -0.138. The van der Waals surface area contributed by atoms with E-state index in [0.717, 1.165) is 9.79 Å². The molecule has 0 aliphatic rings. The summed E-state index contributed by atoms with van der Waals surface area (Å²) in [5.74, 6) is 0. The first-order chi connectivity index (χ1) is 9.00. The van der Waals surface area contributed by atoms with Crippen molar-refractivity contribution < 1.29 is 13.2 Å². The van der Waals surface area contributed by atoms with Crippen molar-refractivity contribution in [2.24, 2.45) is 0 Å². The molecule has 0 saturated carbocycles. The van der Waals surface area contributed by atoms with E-state index in [4.69, 9.17) is 0 Å². The third kappa shape index (κ3) is 3.53. The zero-order valence-electron chi connectivity index (χ0n) is 10.4. The Labute approximate surface area is 114 Å². The van der Waals surface area contributed by atoms with E-state index in [1.54, 1.807) is 13.0 Å². The smallest absolute Gasteiger partial charge is 0.166 e. The Morgan fingerprint density at radius 2 is 1.63 bits per heavy atom. The van der Waals surface area contributed by atoms with Crippen molar-refractivity contribution in [3.63, 3.8) is 0 Å². The van der Waals surface area contributed by atoms with Gasteiger partial charge in [-0.3, -0.25) is 0 Å². The van der Waals surface area contributed by atoms with E-state index in [-0.39, 0.29) is 0 Å². The molecule has 0 nitrogen and oxygen atoms in total. The molecule has 0 amide bonds. The molecule has 2 aromatic rings. The van der Waals surface area contributed by atoms with Crippen molar-refractivity contribution >= 4 is 11.8 Å². The van der Waals surface area contributed by atoms with Crippen LogP contribution in [0.1, 0.15) is 18.1 Å². The number of halogens is 3. The highest BCUT2D eigenvalue weighted by atomic mass is 32.2. The van der Waals surface area contributed by atoms with Crippen LogP contribution in [-0.4, -0.2) is 0 Å². The van der Waals surface area contributed by atoms with Crippen LogP contribution in [0.3, 0.4) is 0 Å². The molecule has 0 aliphatic carbocycles. The van der Waals surface area contributed by atoms with E-state index in [1.807, 2.05) is 30.3 Å². The van der Waals surface area contributed by atoms with Crippen LogP contribution >= 0.6 is 11.8 Å². The Morgan fingerprint density at radius 1 is 0.947 bits per heavy atom. The number of hydrogen-bond acceptors (Lipinski definition) is 1. The van der Waals surface area contributed by atoms with Crippen molar-refractivity contribution in [3.8, 4) is 0 Å². The Hall–Kier alpha value is -1.42. The average molecular weight is 282 g/mol. The first kappa shape index (κ1) is 14.0. The molecule has 100 valence electrons. The van der Waals surface area contributed by atoms with Gasteiger partial charge in [-0.25, -0.2) is 0 Å². The largest absolute Gasteiger partial charge is 0.416 e. The predicted octanol–water partition coefficient (Wildman–Crippen LogP) is 5.42. The molecule has 19 heavy (non-hydrogen) atoms. The fourth-order valence-corrected chi connectivity index (χ4v) is 2.73. The molecule has 0 heterocycles. The molecule has 2 rings (SSSR count). The van der Waals surface area contributed by atoms with Crippen LogP contribution in [0.4, 0.5) is 13.2 Å². The van der Waals surface area contributed by atoms with E-state index < -0.39 is 11.7 Å². The van der Waals surface area contributed by atoms with Gasteiger partial charge >= 0.3 is 6.18 Å². The highest BCUT2D eigenvalue weighted by Gasteiger charge is 2.32. The van der Waals surface area contributed by atoms with Crippen LogP contribution in [0.5, 0.6) is 0 Å². The summed E-state index contributed by atoms with van der Waals surface area (Å²) in [6.45, 7) is 1.74. The first-order valence-corrected chi connectivity index (χ1v) is 6.75. The van der Waals surface area contributed by atoms with Crippen molar-refractivity contribution in [3.05, 3.63) is 59.7 Å². The highest BCUT2D eigenvalue weighted by Crippen LogP contribution is 2.36. The van der Waals surface area contributed by atoms with Gasteiger partial charge in [-0.15, -0.1) is 0 Å². The van der Waals surface area contributed by atoms with Gasteiger partial charge in [-0.2, -0.15) is 13.2 Å². The minimum Gasteiger partial charge on any atom is -0.166 e. The summed E-state index contributed by atoms with van der Waals surface area (Å²) in [6, 6.07) is 13.9. The Morgan fingerprint density at radius 3 is 2.21 bits per heavy atom. The number of hydrogen-bond donors (Lipinski definition) is 0. The molecule has 0 radical (unpaired) electrons. The molecular weight excluding hydrogens is 269 g/mol. The second-order valence-corrected chi connectivity index (χ2v) is 5.23. The van der Waals surface area contributed by atoms with E-state index in [1.165, 1.54) is 23.9 Å². The molecular formula is C15H13F3S. The normalized spacial score (nSPS) is 11.6. The highest BCUT2D eigenvalue weighted by molar-refractivity contribution is 7.99. The molecule has 0 spiro atoms. The number of aryl methyl sites for hydroxylation is 1. The van der Waals surface area contributed by atoms with Crippen molar-refractivity contribution in [2.45, 2.75) is 29.3 Å². The summed E-state index contributed by atoms with van der Waals surface area (Å²) >= 11 is 1.47. The van der Waals surface area contributed by atoms with Crippen LogP contribution in [-0.2, 0) is 12.6 Å². The topological polar surface area (TPSA) is 0 Å². The monoisotopic (exact) mass is 282 g/mol. The van der Waals surface area contributed by atoms with Crippen LogP contribution in [0.15, 0.2) is 58.3 Å². The van der Waals surface area contributed by atoms with Crippen LogP contribution in [0.2, 0.25) is 0 Å². The molecule has 0 aliphatic heterocycles. The van der Waals surface area contributed by atoms with Gasteiger partial charge in [-0.05, 0) is 42.3 Å². The van der Waals surface area contributed by atoms with E-state index in [0.29, 0.717) is 12.0 Å². The third-order valence-corrected chi connectivity index (χ3v) is 3.74. The molecule has 0 fully saturated rings. The van der Waals surface area contributed by atoms with Crippen molar-refractivity contribution in [2.75, 3.05) is 0 Å². The number of alkyl halides is 3. The Bertz CT molecular complexity index is 547. The molecule has 0 atom stereocenters. The minimum absolute atomic E-state index is 0.341. The third-order valence-electron chi connectivity index (χ3n) is 2.74. The fraction of sp³-hybridized carbons (Fsp3) is 0.200. The summed E-state index contributed by atoms with van der Waals surface area (Å²) < 4.78 is 38.4. The van der Waals surface area contributed by atoms with Crippen LogP contribution < -0.4 is 0 Å². The second kappa shape index (κ2) is 5.70. The molecule has 0 saturated heterocycles. The van der Waals surface area contributed by atoms with Gasteiger partial charge < -0.3 is 0 Å². The first-order valence-electron chi connectivity index (χ1n) is 5.93. The lowest BCUT2D eigenvalue weighted by atomic mass is 10.1. The summed E-state index contributed by atoms with van der Waals surface area (Å²) in [5, 5.41) is 0. The van der Waals surface area contributed by atoms with E-state index in [9.17, 15) is 13.2 Å². The molecule has 0 N–H and O–H groups in total. The maximum Gasteiger partial charge on any atom is 0.416 e. The van der Waals surface area contributed by atoms with Gasteiger partial charge in [0.1, 0.15) is 0 Å². The van der Waals surface area contributed by atoms with Crippen LogP contribution in [0, 0.1) is 0 Å².